The largest absolute Gasteiger partial charge is 0.364 e. The molecule has 110 valence electrons. The highest BCUT2D eigenvalue weighted by molar-refractivity contribution is 5.93. The van der Waals surface area contributed by atoms with Crippen molar-refractivity contribution in [1.29, 1.82) is 0 Å². The molecule has 2 heterocycles. The third kappa shape index (κ3) is 3.10. The molecule has 1 aliphatic heterocycles. The Morgan fingerprint density at radius 2 is 2.30 bits per heavy atom. The number of nitrogens with zero attached hydrogens (tertiary/aromatic N) is 1. The lowest BCUT2D eigenvalue weighted by Gasteiger charge is -2.37. The van der Waals surface area contributed by atoms with Crippen LogP contribution in [0.5, 0.6) is 0 Å². The third-order valence-corrected chi connectivity index (χ3v) is 3.95. The predicted octanol–water partition coefficient (Wildman–Crippen LogP) is 1.14. The molecule has 1 saturated heterocycles. The number of aryl methyl sites for hydroxylation is 1. The van der Waals surface area contributed by atoms with Gasteiger partial charge in [0, 0.05) is 37.1 Å². The second-order valence-electron chi connectivity index (χ2n) is 5.58. The minimum Gasteiger partial charge on any atom is -0.364 e. The van der Waals surface area contributed by atoms with Crippen LogP contribution in [-0.2, 0) is 0 Å². The molecule has 1 fully saturated rings. The number of carbonyl (C=O) groups excluding carboxylic acids is 1. The van der Waals surface area contributed by atoms with E-state index in [4.69, 9.17) is 0 Å². The van der Waals surface area contributed by atoms with Crippen LogP contribution in [0.1, 0.15) is 36.3 Å². The maximum Gasteiger partial charge on any atom is 0.259 e. The predicted molar refractivity (Wildman–Crippen MR) is 78.9 cm³/mol. The molecule has 0 saturated carbocycles. The topological polar surface area (TPSA) is 65.2 Å². The van der Waals surface area contributed by atoms with E-state index in [0.717, 1.165) is 18.7 Å². The number of pyridine rings is 1. The zero-order valence-electron chi connectivity index (χ0n) is 12.4. The average molecular weight is 277 g/mol. The fraction of sp³-hybridized carbons (Fsp3) is 0.600. The summed E-state index contributed by atoms with van der Waals surface area (Å²) in [6.07, 6.45) is 2.46. The van der Waals surface area contributed by atoms with E-state index >= 15 is 0 Å². The van der Waals surface area contributed by atoms with Crippen LogP contribution in [0.2, 0.25) is 0 Å². The van der Waals surface area contributed by atoms with Gasteiger partial charge in [-0.05, 0) is 25.8 Å². The Bertz CT molecular complexity index is 538. The van der Waals surface area contributed by atoms with Crippen molar-refractivity contribution in [3.05, 3.63) is 33.7 Å². The Morgan fingerprint density at radius 1 is 1.55 bits per heavy atom. The maximum atomic E-state index is 12.4. The highest BCUT2D eigenvalue weighted by atomic mass is 16.2. The Labute approximate surface area is 119 Å². The standard InChI is InChI=1S/C15H23N3O2/c1-4-16-13-5-6-18(9-10(13)2)15(20)12-8-17-11(3)7-14(12)19/h7-8,10,13,16H,4-6,9H2,1-3H3,(H,17,19). The van der Waals surface area contributed by atoms with Crippen molar-refractivity contribution in [3.63, 3.8) is 0 Å². The SMILES string of the molecule is CCNC1CCN(C(=O)c2c[nH]c(C)cc2=O)CC1C. The molecule has 2 unspecified atom stereocenters. The maximum absolute atomic E-state index is 12.4. The molecule has 2 N–H and O–H groups in total. The summed E-state index contributed by atoms with van der Waals surface area (Å²) < 4.78 is 0. The zero-order valence-corrected chi connectivity index (χ0v) is 12.4. The second-order valence-corrected chi connectivity index (χ2v) is 5.58. The van der Waals surface area contributed by atoms with E-state index in [1.54, 1.807) is 11.8 Å². The molecule has 1 amide bonds. The molecule has 20 heavy (non-hydrogen) atoms. The Balaban J connectivity index is 2.09. The van der Waals surface area contributed by atoms with Gasteiger partial charge in [0.2, 0.25) is 0 Å². The van der Waals surface area contributed by atoms with Crippen molar-refractivity contribution in [2.45, 2.75) is 33.2 Å². The highest BCUT2D eigenvalue weighted by Crippen LogP contribution is 2.18. The molecule has 0 radical (unpaired) electrons. The van der Waals surface area contributed by atoms with Crippen LogP contribution in [-0.4, -0.2) is 41.5 Å². The number of rotatable bonds is 3. The number of nitrogens with one attached hydrogen (secondary N) is 2. The van der Waals surface area contributed by atoms with Gasteiger partial charge >= 0.3 is 0 Å². The van der Waals surface area contributed by atoms with Gasteiger partial charge < -0.3 is 15.2 Å². The van der Waals surface area contributed by atoms with Crippen LogP contribution in [0, 0.1) is 12.8 Å². The Hall–Kier alpha value is -1.62. The highest BCUT2D eigenvalue weighted by Gasteiger charge is 2.29. The van der Waals surface area contributed by atoms with E-state index in [1.807, 2.05) is 0 Å². The summed E-state index contributed by atoms with van der Waals surface area (Å²) in [6, 6.07) is 1.93. The summed E-state index contributed by atoms with van der Waals surface area (Å²) in [4.78, 5) is 29.1. The molecule has 1 aromatic heterocycles. The number of H-pyrrole nitrogens is 1. The smallest absolute Gasteiger partial charge is 0.259 e. The van der Waals surface area contributed by atoms with Crippen molar-refractivity contribution in [1.82, 2.24) is 15.2 Å². The monoisotopic (exact) mass is 277 g/mol. The van der Waals surface area contributed by atoms with Crippen LogP contribution in [0.3, 0.4) is 0 Å². The lowest BCUT2D eigenvalue weighted by molar-refractivity contribution is 0.0644. The van der Waals surface area contributed by atoms with Crippen molar-refractivity contribution >= 4 is 5.91 Å². The van der Waals surface area contributed by atoms with E-state index in [9.17, 15) is 9.59 Å². The van der Waals surface area contributed by atoms with E-state index in [1.165, 1.54) is 12.3 Å². The molecule has 2 rings (SSSR count). The van der Waals surface area contributed by atoms with Crippen LogP contribution in [0.25, 0.3) is 0 Å². The third-order valence-electron chi connectivity index (χ3n) is 3.95. The first-order valence-corrected chi connectivity index (χ1v) is 7.25. The number of hydrogen-bond donors (Lipinski definition) is 2. The average Bonchev–Trinajstić information content (AvgIpc) is 2.40. The van der Waals surface area contributed by atoms with Gasteiger partial charge in [0.05, 0.1) is 0 Å². The van der Waals surface area contributed by atoms with Crippen LogP contribution >= 0.6 is 0 Å². The van der Waals surface area contributed by atoms with Crippen LogP contribution < -0.4 is 10.7 Å². The van der Waals surface area contributed by atoms with Gasteiger partial charge in [-0.15, -0.1) is 0 Å². The molecular weight excluding hydrogens is 254 g/mol. The summed E-state index contributed by atoms with van der Waals surface area (Å²) in [5, 5.41) is 3.45. The first-order valence-electron chi connectivity index (χ1n) is 7.25. The van der Waals surface area contributed by atoms with Gasteiger partial charge in [-0.25, -0.2) is 0 Å². The normalized spacial score (nSPS) is 22.9. The van der Waals surface area contributed by atoms with Gasteiger partial charge in [0.25, 0.3) is 5.91 Å². The van der Waals surface area contributed by atoms with E-state index in [0.29, 0.717) is 25.0 Å². The number of piperidine rings is 1. The van der Waals surface area contributed by atoms with Crippen molar-refractivity contribution in [2.75, 3.05) is 19.6 Å². The number of amides is 1. The number of aromatic amines is 1. The number of likely N-dealkylation sites (tertiary alicyclic amines) is 1. The minimum absolute atomic E-state index is 0.159. The van der Waals surface area contributed by atoms with Crippen molar-refractivity contribution < 1.29 is 4.79 Å². The summed E-state index contributed by atoms with van der Waals surface area (Å²) in [5.74, 6) is 0.241. The van der Waals surface area contributed by atoms with Crippen LogP contribution in [0.15, 0.2) is 17.1 Å². The molecule has 5 heteroatoms. The van der Waals surface area contributed by atoms with Gasteiger partial charge in [0.15, 0.2) is 5.43 Å². The van der Waals surface area contributed by atoms with Crippen molar-refractivity contribution in [2.24, 2.45) is 5.92 Å². The fourth-order valence-corrected chi connectivity index (χ4v) is 2.81. The fourth-order valence-electron chi connectivity index (χ4n) is 2.81. The number of aromatic nitrogens is 1. The second kappa shape index (κ2) is 6.22. The lowest BCUT2D eigenvalue weighted by Crippen LogP contribution is -2.50. The Kier molecular flexibility index (Phi) is 4.60. The number of hydrogen-bond acceptors (Lipinski definition) is 3. The molecule has 0 aliphatic carbocycles. The van der Waals surface area contributed by atoms with Gasteiger partial charge in [0.1, 0.15) is 5.56 Å². The van der Waals surface area contributed by atoms with Crippen LogP contribution in [0.4, 0.5) is 0 Å². The van der Waals surface area contributed by atoms with E-state index in [-0.39, 0.29) is 16.9 Å². The van der Waals surface area contributed by atoms with Gasteiger partial charge in [-0.3, -0.25) is 9.59 Å². The number of carbonyl (C=O) groups is 1. The molecule has 0 spiro atoms. The minimum atomic E-state index is -0.201. The molecule has 1 aromatic rings. The summed E-state index contributed by atoms with van der Waals surface area (Å²) in [5.41, 5.74) is 0.809. The molecule has 5 nitrogen and oxygen atoms in total. The van der Waals surface area contributed by atoms with E-state index in [2.05, 4.69) is 24.1 Å². The molecule has 2 atom stereocenters. The summed E-state index contributed by atoms with van der Waals surface area (Å²) >= 11 is 0. The van der Waals surface area contributed by atoms with Gasteiger partial charge in [-0.1, -0.05) is 13.8 Å². The molecular formula is C15H23N3O2. The summed E-state index contributed by atoms with van der Waals surface area (Å²) in [6.45, 7) is 8.39. The molecule has 1 aliphatic rings. The van der Waals surface area contributed by atoms with Crippen molar-refractivity contribution in [3.8, 4) is 0 Å². The Morgan fingerprint density at radius 3 is 2.90 bits per heavy atom. The summed E-state index contributed by atoms with van der Waals surface area (Å²) in [7, 11) is 0. The van der Waals surface area contributed by atoms with Gasteiger partial charge in [-0.2, -0.15) is 0 Å². The molecule has 0 bridgehead atoms. The zero-order chi connectivity index (χ0) is 14.7. The first-order chi connectivity index (χ1) is 9.52. The molecule has 0 aromatic carbocycles. The van der Waals surface area contributed by atoms with E-state index < -0.39 is 0 Å². The lowest BCUT2D eigenvalue weighted by atomic mass is 9.93. The quantitative estimate of drug-likeness (QED) is 0.871. The first kappa shape index (κ1) is 14.8.